The van der Waals surface area contributed by atoms with Gasteiger partial charge in [0.1, 0.15) is 17.1 Å². The van der Waals surface area contributed by atoms with Crippen molar-refractivity contribution in [2.75, 3.05) is 13.2 Å². The van der Waals surface area contributed by atoms with Crippen LogP contribution in [-0.2, 0) is 14.3 Å². The van der Waals surface area contributed by atoms with E-state index < -0.39 is 11.6 Å². The van der Waals surface area contributed by atoms with Gasteiger partial charge in [-0.15, -0.1) is 0 Å². The third kappa shape index (κ3) is 8.47. The van der Waals surface area contributed by atoms with Crippen molar-refractivity contribution in [1.29, 1.82) is 0 Å². The van der Waals surface area contributed by atoms with Crippen molar-refractivity contribution in [3.05, 3.63) is 59.7 Å². The van der Waals surface area contributed by atoms with Crippen LogP contribution in [0, 0.1) is 6.92 Å². The summed E-state index contributed by atoms with van der Waals surface area (Å²) in [4.78, 5) is 23.5. The zero-order valence-corrected chi connectivity index (χ0v) is 17.1. The Labute approximate surface area is 170 Å². The Balaban J connectivity index is 1.74. The maximum absolute atomic E-state index is 11.8. The van der Waals surface area contributed by atoms with Crippen LogP contribution in [0.3, 0.4) is 0 Å². The summed E-state index contributed by atoms with van der Waals surface area (Å²) in [5.41, 5.74) is 3.58. The second-order valence-electron chi connectivity index (χ2n) is 7.29. The van der Waals surface area contributed by atoms with Gasteiger partial charge in [-0.25, -0.2) is 10.2 Å². The summed E-state index contributed by atoms with van der Waals surface area (Å²) in [6.45, 7) is 7.01. The summed E-state index contributed by atoms with van der Waals surface area (Å²) in [5.74, 6) is 0.401. The van der Waals surface area contributed by atoms with Crippen LogP contribution in [-0.4, -0.2) is 36.9 Å². The first-order valence-corrected chi connectivity index (χ1v) is 9.18. The molecule has 1 amide bonds. The first kappa shape index (κ1) is 21.9. The highest BCUT2D eigenvalue weighted by molar-refractivity contribution is 5.83. The average molecular weight is 398 g/mol. The fraction of sp³-hybridized carbons (Fsp3) is 0.318. The molecule has 0 heterocycles. The lowest BCUT2D eigenvalue weighted by Gasteiger charge is -2.19. The van der Waals surface area contributed by atoms with Crippen molar-refractivity contribution in [3.63, 3.8) is 0 Å². The summed E-state index contributed by atoms with van der Waals surface area (Å²) in [6, 6.07) is 14.4. The van der Waals surface area contributed by atoms with Crippen LogP contribution in [0.4, 0.5) is 0 Å². The van der Waals surface area contributed by atoms with E-state index in [1.54, 1.807) is 51.1 Å². The normalized spacial score (nSPS) is 11.2. The van der Waals surface area contributed by atoms with Crippen LogP contribution in [0.15, 0.2) is 53.6 Å². The highest BCUT2D eigenvalue weighted by Crippen LogP contribution is 2.16. The topological polar surface area (TPSA) is 86.2 Å². The number of aryl methyl sites for hydroxylation is 1. The fourth-order valence-electron chi connectivity index (χ4n) is 2.24. The first-order valence-electron chi connectivity index (χ1n) is 9.18. The number of ether oxygens (including phenoxy) is 3. The SMILES string of the molecule is Cc1ccccc1OCC(=O)N/N=C/c1ccc(OCC(=O)OC(C)(C)C)cc1. The first-order chi connectivity index (χ1) is 13.7. The summed E-state index contributed by atoms with van der Waals surface area (Å²) >= 11 is 0. The maximum atomic E-state index is 11.8. The third-order valence-corrected chi connectivity index (χ3v) is 3.51. The van der Waals surface area contributed by atoms with E-state index in [1.807, 2.05) is 25.1 Å². The number of carbonyl (C=O) groups excluding carboxylic acids is 2. The van der Waals surface area contributed by atoms with Gasteiger partial charge in [0.25, 0.3) is 5.91 Å². The van der Waals surface area contributed by atoms with Crippen LogP contribution >= 0.6 is 0 Å². The highest BCUT2D eigenvalue weighted by atomic mass is 16.6. The van der Waals surface area contributed by atoms with Crippen molar-refractivity contribution < 1.29 is 23.8 Å². The molecule has 29 heavy (non-hydrogen) atoms. The van der Waals surface area contributed by atoms with Crippen molar-refractivity contribution in [3.8, 4) is 11.5 Å². The molecule has 0 unspecified atom stereocenters. The summed E-state index contributed by atoms with van der Waals surface area (Å²) in [5, 5.41) is 3.90. The monoisotopic (exact) mass is 398 g/mol. The van der Waals surface area contributed by atoms with Crippen LogP contribution in [0.2, 0.25) is 0 Å². The fourth-order valence-corrected chi connectivity index (χ4v) is 2.24. The van der Waals surface area contributed by atoms with Gasteiger partial charge in [-0.2, -0.15) is 5.10 Å². The quantitative estimate of drug-likeness (QED) is 0.419. The molecule has 2 rings (SSSR count). The van der Waals surface area contributed by atoms with Gasteiger partial charge in [-0.05, 0) is 69.2 Å². The largest absolute Gasteiger partial charge is 0.483 e. The molecule has 7 nitrogen and oxygen atoms in total. The minimum Gasteiger partial charge on any atom is -0.483 e. The van der Waals surface area contributed by atoms with E-state index in [0.717, 1.165) is 11.1 Å². The molecule has 0 bridgehead atoms. The number of amides is 1. The Morgan fingerprint density at radius 1 is 1.00 bits per heavy atom. The molecular formula is C22H26N2O5. The van der Waals surface area contributed by atoms with Crippen molar-refractivity contribution in [1.82, 2.24) is 5.43 Å². The number of nitrogens with one attached hydrogen (secondary N) is 1. The van der Waals surface area contributed by atoms with E-state index in [0.29, 0.717) is 11.5 Å². The minimum absolute atomic E-state index is 0.125. The summed E-state index contributed by atoms with van der Waals surface area (Å²) in [6.07, 6.45) is 1.50. The lowest BCUT2D eigenvalue weighted by Crippen LogP contribution is -2.27. The molecule has 0 aliphatic rings. The Hall–Kier alpha value is -3.35. The zero-order chi connectivity index (χ0) is 21.3. The van der Waals surface area contributed by atoms with Gasteiger partial charge in [-0.1, -0.05) is 18.2 Å². The number of hydrazone groups is 1. The molecule has 0 saturated carbocycles. The maximum Gasteiger partial charge on any atom is 0.344 e. The molecule has 7 heteroatoms. The van der Waals surface area contributed by atoms with Crippen LogP contribution in [0.1, 0.15) is 31.9 Å². The average Bonchev–Trinajstić information content (AvgIpc) is 2.65. The number of hydrogen-bond donors (Lipinski definition) is 1. The minimum atomic E-state index is -0.545. The van der Waals surface area contributed by atoms with Crippen LogP contribution < -0.4 is 14.9 Å². The smallest absolute Gasteiger partial charge is 0.344 e. The number of para-hydroxylation sites is 1. The number of carbonyl (C=O) groups is 2. The molecule has 0 aliphatic heterocycles. The predicted molar refractivity (Wildman–Crippen MR) is 110 cm³/mol. The Morgan fingerprint density at radius 2 is 1.69 bits per heavy atom. The Morgan fingerprint density at radius 3 is 2.34 bits per heavy atom. The molecule has 154 valence electrons. The number of hydrogen-bond acceptors (Lipinski definition) is 6. The van der Waals surface area contributed by atoms with Gasteiger partial charge >= 0.3 is 5.97 Å². The molecule has 0 aliphatic carbocycles. The van der Waals surface area contributed by atoms with Gasteiger partial charge in [0.2, 0.25) is 0 Å². The molecule has 0 atom stereocenters. The second-order valence-corrected chi connectivity index (χ2v) is 7.29. The number of esters is 1. The van der Waals surface area contributed by atoms with E-state index in [4.69, 9.17) is 14.2 Å². The second kappa shape index (κ2) is 10.3. The van der Waals surface area contributed by atoms with E-state index in [-0.39, 0.29) is 19.1 Å². The standard InChI is InChI=1S/C22H26N2O5/c1-16-7-5-6-8-19(16)28-14-20(25)24-23-13-17-9-11-18(12-10-17)27-15-21(26)29-22(2,3)4/h5-13H,14-15H2,1-4H3,(H,24,25)/b23-13+. The van der Waals surface area contributed by atoms with Gasteiger partial charge in [0.05, 0.1) is 6.21 Å². The highest BCUT2D eigenvalue weighted by Gasteiger charge is 2.16. The molecule has 0 aromatic heterocycles. The number of benzene rings is 2. The van der Waals surface area contributed by atoms with Crippen LogP contribution in [0.25, 0.3) is 0 Å². The van der Waals surface area contributed by atoms with Gasteiger partial charge < -0.3 is 14.2 Å². The molecule has 0 spiro atoms. The van der Waals surface area contributed by atoms with Crippen molar-refractivity contribution >= 4 is 18.1 Å². The molecule has 2 aromatic rings. The van der Waals surface area contributed by atoms with Gasteiger partial charge in [-0.3, -0.25) is 4.79 Å². The lowest BCUT2D eigenvalue weighted by atomic mass is 10.2. The Bertz CT molecular complexity index is 854. The summed E-state index contributed by atoms with van der Waals surface area (Å²) < 4.78 is 16.0. The van der Waals surface area contributed by atoms with E-state index in [1.165, 1.54) is 6.21 Å². The third-order valence-electron chi connectivity index (χ3n) is 3.51. The zero-order valence-electron chi connectivity index (χ0n) is 17.1. The van der Waals surface area contributed by atoms with Crippen molar-refractivity contribution in [2.45, 2.75) is 33.3 Å². The molecule has 2 aromatic carbocycles. The molecule has 1 N–H and O–H groups in total. The van der Waals surface area contributed by atoms with E-state index in [2.05, 4.69) is 10.5 Å². The van der Waals surface area contributed by atoms with Gasteiger partial charge in [0, 0.05) is 0 Å². The predicted octanol–water partition coefficient (Wildman–Crippen LogP) is 3.24. The van der Waals surface area contributed by atoms with Gasteiger partial charge in [0.15, 0.2) is 13.2 Å². The number of rotatable bonds is 8. The number of nitrogens with zero attached hydrogens (tertiary/aromatic N) is 1. The lowest BCUT2D eigenvalue weighted by molar-refractivity contribution is -0.157. The molecule has 0 radical (unpaired) electrons. The molecular weight excluding hydrogens is 372 g/mol. The summed E-state index contributed by atoms with van der Waals surface area (Å²) in [7, 11) is 0. The van der Waals surface area contributed by atoms with Crippen molar-refractivity contribution in [2.24, 2.45) is 5.10 Å². The molecule has 0 fully saturated rings. The van der Waals surface area contributed by atoms with E-state index in [9.17, 15) is 9.59 Å². The van der Waals surface area contributed by atoms with E-state index >= 15 is 0 Å². The van der Waals surface area contributed by atoms with Crippen LogP contribution in [0.5, 0.6) is 11.5 Å². The Kier molecular flexibility index (Phi) is 7.77. The molecule has 0 saturated heterocycles.